The van der Waals surface area contributed by atoms with E-state index in [0.717, 1.165) is 0 Å². The highest BCUT2D eigenvalue weighted by Crippen LogP contribution is 2.37. The molecule has 17 nitrogen and oxygen atoms in total. The van der Waals surface area contributed by atoms with Crippen molar-refractivity contribution >= 4 is 29.9 Å². The molecule has 3 aromatic carbocycles. The molecule has 17 heteroatoms. The minimum absolute atomic E-state index is 0.00318. The van der Waals surface area contributed by atoms with E-state index in [9.17, 15) is 19.5 Å². The first-order valence-corrected chi connectivity index (χ1v) is 24.1. The zero-order chi connectivity index (χ0) is 52.0. The number of carbonyl (C=O) groups excluding carboxylic acids is 3. The fourth-order valence-corrected chi connectivity index (χ4v) is 8.64. The Bertz CT molecular complexity index is 2430. The molecule has 3 N–H and O–H groups in total. The van der Waals surface area contributed by atoms with Crippen LogP contribution in [0.3, 0.4) is 0 Å². The number of ether oxygens (including phenoxy) is 11. The highest BCUT2D eigenvalue weighted by atomic mass is 16.8. The van der Waals surface area contributed by atoms with Gasteiger partial charge in [-0.15, -0.1) is 0 Å². The Kier molecular flexibility index (Phi) is 19.6. The van der Waals surface area contributed by atoms with Gasteiger partial charge in [-0.25, -0.2) is 4.79 Å². The van der Waals surface area contributed by atoms with Crippen LogP contribution in [0.5, 0.6) is 23.0 Å². The van der Waals surface area contributed by atoms with Crippen LogP contribution in [0.25, 0.3) is 12.2 Å². The van der Waals surface area contributed by atoms with E-state index in [1.165, 1.54) is 14.2 Å². The van der Waals surface area contributed by atoms with Gasteiger partial charge in [0.05, 0.1) is 43.1 Å². The highest BCUT2D eigenvalue weighted by Gasteiger charge is 2.46. The smallest absolute Gasteiger partial charge is 0.338 e. The molecule has 4 unspecified atom stereocenters. The summed E-state index contributed by atoms with van der Waals surface area (Å²) >= 11 is 0. The molecule has 390 valence electrons. The molecule has 2 fully saturated rings. The molecule has 0 aromatic heterocycles. The summed E-state index contributed by atoms with van der Waals surface area (Å²) in [5, 5.41) is 16.7. The summed E-state index contributed by atoms with van der Waals surface area (Å²) < 4.78 is 62.9. The molecule has 2 amide bonds. The van der Waals surface area contributed by atoms with Gasteiger partial charge in [0.1, 0.15) is 47.4 Å². The van der Waals surface area contributed by atoms with Crippen LogP contribution in [0, 0.1) is 0 Å². The van der Waals surface area contributed by atoms with Gasteiger partial charge in [0, 0.05) is 38.4 Å². The van der Waals surface area contributed by atoms with Crippen molar-refractivity contribution in [3.8, 4) is 23.0 Å². The maximum absolute atomic E-state index is 13.5. The van der Waals surface area contributed by atoms with Crippen LogP contribution in [0.2, 0.25) is 0 Å². The molecular formula is C55H70N2O15. The number of hydrogen-bond donors (Lipinski definition) is 3. The lowest BCUT2D eigenvalue weighted by molar-refractivity contribution is -0.153. The normalized spacial score (nSPS) is 27.6. The summed E-state index contributed by atoms with van der Waals surface area (Å²) in [6.07, 6.45) is 13.3. The minimum Gasteiger partial charge on any atom is -0.497 e. The van der Waals surface area contributed by atoms with Crippen molar-refractivity contribution in [2.45, 2.75) is 128 Å². The van der Waals surface area contributed by atoms with Crippen molar-refractivity contribution in [3.05, 3.63) is 119 Å². The number of aliphatic hydroxyl groups is 1. The molecule has 0 spiro atoms. The van der Waals surface area contributed by atoms with Crippen molar-refractivity contribution in [2.24, 2.45) is 0 Å². The van der Waals surface area contributed by atoms with Gasteiger partial charge in [0.15, 0.2) is 25.2 Å². The largest absolute Gasteiger partial charge is 0.497 e. The van der Waals surface area contributed by atoms with Crippen LogP contribution in [0.4, 0.5) is 0 Å². The number of carbonyl (C=O) groups is 3. The molecule has 0 bridgehead atoms. The number of benzene rings is 3. The second-order valence-electron chi connectivity index (χ2n) is 18.6. The van der Waals surface area contributed by atoms with E-state index in [2.05, 4.69) is 10.6 Å². The number of nitrogens with one attached hydrogen (secondary N) is 2. The number of rotatable bonds is 10. The third-order valence-corrected chi connectivity index (χ3v) is 11.9. The van der Waals surface area contributed by atoms with Gasteiger partial charge >= 0.3 is 5.97 Å². The van der Waals surface area contributed by atoms with Gasteiger partial charge in [0.2, 0.25) is 0 Å². The average Bonchev–Trinajstić information content (AvgIpc) is 3.84. The summed E-state index contributed by atoms with van der Waals surface area (Å²) in [6, 6.07) is 15.3. The summed E-state index contributed by atoms with van der Waals surface area (Å²) in [5.41, 5.74) is 2.47. The topological polar surface area (TPSA) is 197 Å². The van der Waals surface area contributed by atoms with Gasteiger partial charge in [-0.3, -0.25) is 9.59 Å². The number of amides is 2. The molecule has 0 radical (unpaired) electrons. The molecule has 4 aliphatic rings. The van der Waals surface area contributed by atoms with Crippen molar-refractivity contribution in [3.63, 3.8) is 0 Å². The Hall–Kier alpha value is -6.05. The van der Waals surface area contributed by atoms with E-state index in [1.807, 2.05) is 90.1 Å². The fourth-order valence-electron chi connectivity index (χ4n) is 8.64. The number of esters is 1. The Balaban J connectivity index is 0.000000241. The van der Waals surface area contributed by atoms with Crippen LogP contribution in [-0.2, 0) is 33.2 Å². The number of aliphatic hydroxyl groups excluding tert-OH is 1. The number of hydrogen-bond acceptors (Lipinski definition) is 15. The molecule has 0 saturated carbocycles. The van der Waals surface area contributed by atoms with Gasteiger partial charge in [-0.2, -0.15) is 0 Å². The maximum Gasteiger partial charge on any atom is 0.338 e. The molecule has 4 aliphatic heterocycles. The van der Waals surface area contributed by atoms with E-state index in [1.54, 1.807) is 68.8 Å². The van der Waals surface area contributed by atoms with Crippen LogP contribution in [0.15, 0.2) is 91.1 Å². The lowest BCUT2D eigenvalue weighted by Gasteiger charge is -2.25. The van der Waals surface area contributed by atoms with Gasteiger partial charge < -0.3 is 67.8 Å². The molecule has 7 rings (SSSR count). The molecule has 72 heavy (non-hydrogen) atoms. The zero-order valence-electron chi connectivity index (χ0n) is 42.8. The molecule has 0 aliphatic carbocycles. The summed E-state index contributed by atoms with van der Waals surface area (Å²) in [7, 11) is 6.14. The predicted octanol–water partition coefficient (Wildman–Crippen LogP) is 7.95. The van der Waals surface area contributed by atoms with E-state index < -0.39 is 48.1 Å². The van der Waals surface area contributed by atoms with Crippen molar-refractivity contribution < 1.29 is 71.6 Å². The lowest BCUT2D eigenvalue weighted by atomic mass is 10.00. The third kappa shape index (κ3) is 15.0. The summed E-state index contributed by atoms with van der Waals surface area (Å²) in [6.45, 7) is 11.1. The second kappa shape index (κ2) is 25.6. The van der Waals surface area contributed by atoms with Crippen molar-refractivity contribution in [1.29, 1.82) is 0 Å². The number of fused-ring (bicyclic) bond motifs is 4. The highest BCUT2D eigenvalue weighted by molar-refractivity contribution is 6.02. The first-order valence-electron chi connectivity index (χ1n) is 24.1. The Morgan fingerprint density at radius 3 is 1.60 bits per heavy atom. The standard InChI is InChI=1S/C31H37NO8.C24H33NO7/c1-20-11-9-15-24(38-30(34)21-12-7-6-8-13-21)28-25(39-31(2,3)40-28)16-10-14-22-17-23(36-5)18-26(37-19-35-4)27(22)29(33)32-20;1-15-8-6-10-18(26)22-19(31-24(2,3)32-22)11-7-9-16-12-17(29-5)13-20(30-14-28-4)21(16)23(27)25-15/h6-10,12-15,17-18,20,24-25,28H,11,16,19H2,1-5H3,(H,32,33);6-7,9-10,12-13,15,18-19,22,26H,8,11,14H2,1-5H3,(H,25,27)/b14-10+,15-9-;9-7+,10-6-/t20-,24?,25?,28+;15-,18?,19?,22+/m00/s1. The van der Waals surface area contributed by atoms with Crippen molar-refractivity contribution in [2.75, 3.05) is 42.0 Å². The second-order valence-corrected chi connectivity index (χ2v) is 18.6. The van der Waals surface area contributed by atoms with Crippen molar-refractivity contribution in [1.82, 2.24) is 10.6 Å². The Morgan fingerprint density at radius 1 is 0.639 bits per heavy atom. The van der Waals surface area contributed by atoms with E-state index in [0.29, 0.717) is 76.5 Å². The summed E-state index contributed by atoms with van der Waals surface area (Å²) in [5.74, 6) is -0.882. The molecule has 8 atom stereocenters. The van der Waals surface area contributed by atoms with Crippen LogP contribution < -0.4 is 29.6 Å². The maximum atomic E-state index is 13.5. The summed E-state index contributed by atoms with van der Waals surface area (Å²) in [4.78, 5) is 39.6. The first-order chi connectivity index (χ1) is 34.4. The molecule has 4 heterocycles. The Labute approximate surface area is 422 Å². The van der Waals surface area contributed by atoms with Gasteiger partial charge in [-0.1, -0.05) is 60.7 Å². The third-order valence-electron chi connectivity index (χ3n) is 11.9. The average molecular weight is 999 g/mol. The lowest BCUT2D eigenvalue weighted by Crippen LogP contribution is -2.38. The van der Waals surface area contributed by atoms with Gasteiger partial charge in [0.25, 0.3) is 11.8 Å². The SMILES string of the molecule is COCOc1cc(OC)cc2c1C(=O)N[C@@H](C)C/C=C\C(O)[C@H]1OC(C)(C)OC1C/C=C/2.COCOc1cc(OC)cc2c1C(=O)N[C@@H](C)C/C=C\C(OC(=O)c1ccccc1)[C@H]1OC(C)(C)OC1C/C=C/2. The van der Waals surface area contributed by atoms with E-state index in [-0.39, 0.29) is 43.6 Å². The minimum atomic E-state index is -0.879. The van der Waals surface area contributed by atoms with Crippen LogP contribution in [-0.4, -0.2) is 125 Å². The fraction of sp³-hybridized carbons (Fsp3) is 0.473. The molecule has 2 saturated heterocycles. The van der Waals surface area contributed by atoms with Crippen LogP contribution in [0.1, 0.15) is 109 Å². The van der Waals surface area contributed by atoms with Gasteiger partial charge in [-0.05, 0) is 109 Å². The number of methoxy groups -OCH3 is 4. The molecule has 3 aromatic rings. The monoisotopic (exact) mass is 998 g/mol. The Morgan fingerprint density at radius 2 is 1.11 bits per heavy atom. The van der Waals surface area contributed by atoms with E-state index in [4.69, 9.17) is 52.1 Å². The predicted molar refractivity (Wildman–Crippen MR) is 269 cm³/mol. The van der Waals surface area contributed by atoms with E-state index >= 15 is 0 Å². The zero-order valence-corrected chi connectivity index (χ0v) is 42.8. The molecular weight excluding hydrogens is 929 g/mol. The van der Waals surface area contributed by atoms with Crippen LogP contribution >= 0.6 is 0 Å². The quantitative estimate of drug-likeness (QED) is 0.100. The first kappa shape index (κ1) is 55.3.